The van der Waals surface area contributed by atoms with Crippen LogP contribution in [0.1, 0.15) is 27.7 Å². The minimum Gasteiger partial charge on any atom is -0.350 e. The Kier molecular flexibility index (Phi) is 4.62. The van der Waals surface area contributed by atoms with E-state index in [1.807, 2.05) is 20.8 Å². The molecular weight excluding hydrogens is 253 g/mol. The van der Waals surface area contributed by atoms with Gasteiger partial charge in [-0.25, -0.2) is 4.39 Å². The van der Waals surface area contributed by atoms with Gasteiger partial charge in [0.15, 0.2) is 0 Å². The van der Waals surface area contributed by atoms with Crippen LogP contribution < -0.4 is 5.32 Å². The molecule has 0 aliphatic rings. The Hall–Kier alpha value is -1.23. The van der Waals surface area contributed by atoms with E-state index in [4.69, 9.17) is 0 Å². The highest BCUT2D eigenvalue weighted by Gasteiger charge is 2.26. The van der Waals surface area contributed by atoms with Gasteiger partial charge in [-0.05, 0) is 39.8 Å². The second kappa shape index (κ2) is 5.61. The summed E-state index contributed by atoms with van der Waals surface area (Å²) in [4.78, 5) is 11.9. The first-order valence-corrected chi connectivity index (χ1v) is 6.91. The van der Waals surface area contributed by atoms with Crippen molar-refractivity contribution in [1.82, 2.24) is 5.32 Å². The maximum atomic E-state index is 13.5. The molecule has 1 aromatic carbocycles. The lowest BCUT2D eigenvalue weighted by Crippen LogP contribution is -2.46. The largest absolute Gasteiger partial charge is 0.350 e. The summed E-state index contributed by atoms with van der Waals surface area (Å²) in [5.74, 6) is -0.893. The van der Waals surface area contributed by atoms with Crippen molar-refractivity contribution in [2.45, 2.75) is 43.4 Å². The summed E-state index contributed by atoms with van der Waals surface area (Å²) in [6.07, 6.45) is 0. The molecule has 0 fully saturated rings. The van der Waals surface area contributed by atoms with Crippen LogP contribution in [0, 0.1) is 5.82 Å². The molecule has 0 bridgehead atoms. The standard InChI is InChI=1S/C13H18FNO2S/c1-9(12(16)15-13(2,3)4)18(17)11-8-6-5-7-10(11)14/h5-9H,1-4H3,(H,15,16). The number of hydrogen-bond acceptors (Lipinski definition) is 2. The predicted octanol–water partition coefficient (Wildman–Crippen LogP) is 2.24. The van der Waals surface area contributed by atoms with E-state index in [0.29, 0.717) is 0 Å². The van der Waals surface area contributed by atoms with Crippen molar-refractivity contribution in [3.8, 4) is 0 Å². The van der Waals surface area contributed by atoms with Crippen molar-refractivity contribution in [2.24, 2.45) is 0 Å². The number of benzene rings is 1. The zero-order valence-electron chi connectivity index (χ0n) is 11.0. The van der Waals surface area contributed by atoms with Crippen LogP contribution in [0.3, 0.4) is 0 Å². The van der Waals surface area contributed by atoms with E-state index in [9.17, 15) is 13.4 Å². The average Bonchev–Trinajstić information content (AvgIpc) is 2.25. The molecule has 0 saturated carbocycles. The molecule has 0 radical (unpaired) electrons. The minimum atomic E-state index is -1.69. The summed E-state index contributed by atoms with van der Waals surface area (Å²) in [7, 11) is -1.69. The van der Waals surface area contributed by atoms with Gasteiger partial charge in [0, 0.05) is 5.54 Å². The molecule has 0 aliphatic heterocycles. The maximum Gasteiger partial charge on any atom is 0.236 e. The van der Waals surface area contributed by atoms with Gasteiger partial charge in [0.2, 0.25) is 5.91 Å². The third-order valence-electron chi connectivity index (χ3n) is 2.24. The first kappa shape index (κ1) is 14.8. The van der Waals surface area contributed by atoms with Crippen LogP contribution in [-0.4, -0.2) is 20.9 Å². The van der Waals surface area contributed by atoms with Crippen LogP contribution in [0.15, 0.2) is 29.2 Å². The molecular formula is C13H18FNO2S. The molecule has 2 unspecified atom stereocenters. The fraction of sp³-hybridized carbons (Fsp3) is 0.462. The van der Waals surface area contributed by atoms with Gasteiger partial charge in [0.05, 0.1) is 15.7 Å². The van der Waals surface area contributed by atoms with Crippen molar-refractivity contribution in [1.29, 1.82) is 0 Å². The van der Waals surface area contributed by atoms with Crippen LogP contribution in [0.4, 0.5) is 4.39 Å². The third kappa shape index (κ3) is 3.91. The second-order valence-corrected chi connectivity index (χ2v) is 6.85. The number of carbonyl (C=O) groups is 1. The van der Waals surface area contributed by atoms with E-state index in [1.165, 1.54) is 25.1 Å². The molecule has 1 rings (SSSR count). The normalized spacial score (nSPS) is 14.9. The van der Waals surface area contributed by atoms with Crippen LogP contribution in [0.25, 0.3) is 0 Å². The van der Waals surface area contributed by atoms with Crippen LogP contribution in [0.2, 0.25) is 0 Å². The SMILES string of the molecule is CC(C(=O)NC(C)(C)C)S(=O)c1ccccc1F. The first-order valence-electron chi connectivity index (χ1n) is 5.69. The lowest BCUT2D eigenvalue weighted by molar-refractivity contribution is -0.121. The lowest BCUT2D eigenvalue weighted by atomic mass is 10.1. The van der Waals surface area contributed by atoms with E-state index >= 15 is 0 Å². The molecule has 0 aliphatic carbocycles. The Morgan fingerprint density at radius 2 is 1.89 bits per heavy atom. The van der Waals surface area contributed by atoms with Crippen LogP contribution >= 0.6 is 0 Å². The average molecular weight is 271 g/mol. The van der Waals surface area contributed by atoms with Gasteiger partial charge < -0.3 is 5.32 Å². The molecule has 18 heavy (non-hydrogen) atoms. The Morgan fingerprint density at radius 1 is 1.33 bits per heavy atom. The van der Waals surface area contributed by atoms with E-state index in [2.05, 4.69) is 5.32 Å². The van der Waals surface area contributed by atoms with Crippen molar-refractivity contribution in [3.05, 3.63) is 30.1 Å². The van der Waals surface area contributed by atoms with E-state index in [1.54, 1.807) is 6.07 Å². The molecule has 5 heteroatoms. The van der Waals surface area contributed by atoms with E-state index in [-0.39, 0.29) is 10.8 Å². The Balaban J connectivity index is 2.85. The van der Waals surface area contributed by atoms with Gasteiger partial charge >= 0.3 is 0 Å². The van der Waals surface area contributed by atoms with Gasteiger partial charge in [-0.15, -0.1) is 0 Å². The van der Waals surface area contributed by atoms with E-state index in [0.717, 1.165) is 0 Å². The van der Waals surface area contributed by atoms with Crippen molar-refractivity contribution in [3.63, 3.8) is 0 Å². The summed E-state index contributed by atoms with van der Waals surface area (Å²) < 4.78 is 25.6. The van der Waals surface area contributed by atoms with Gasteiger partial charge in [-0.1, -0.05) is 12.1 Å². The van der Waals surface area contributed by atoms with Crippen LogP contribution in [-0.2, 0) is 15.6 Å². The van der Waals surface area contributed by atoms with Gasteiger partial charge in [0.1, 0.15) is 11.1 Å². The van der Waals surface area contributed by atoms with E-state index < -0.39 is 27.4 Å². The Morgan fingerprint density at radius 3 is 2.39 bits per heavy atom. The molecule has 1 N–H and O–H groups in total. The van der Waals surface area contributed by atoms with Crippen molar-refractivity contribution in [2.75, 3.05) is 0 Å². The highest BCUT2D eigenvalue weighted by molar-refractivity contribution is 7.86. The molecule has 0 heterocycles. The highest BCUT2D eigenvalue weighted by atomic mass is 32.2. The number of rotatable bonds is 3. The minimum absolute atomic E-state index is 0.0639. The second-order valence-electron chi connectivity index (χ2n) is 5.11. The summed E-state index contributed by atoms with van der Waals surface area (Å²) >= 11 is 0. The van der Waals surface area contributed by atoms with Crippen molar-refractivity contribution < 1.29 is 13.4 Å². The Bertz CT molecular complexity index is 468. The topological polar surface area (TPSA) is 46.2 Å². The fourth-order valence-electron chi connectivity index (χ4n) is 1.37. The van der Waals surface area contributed by atoms with Crippen LogP contribution in [0.5, 0.6) is 0 Å². The Labute approximate surface area is 109 Å². The molecule has 2 atom stereocenters. The molecule has 3 nitrogen and oxygen atoms in total. The predicted molar refractivity (Wildman–Crippen MR) is 70.2 cm³/mol. The lowest BCUT2D eigenvalue weighted by Gasteiger charge is -2.23. The molecule has 1 aromatic rings. The van der Waals surface area contributed by atoms with Gasteiger partial charge in [0.25, 0.3) is 0 Å². The summed E-state index contributed by atoms with van der Waals surface area (Å²) in [5.41, 5.74) is -0.398. The maximum absolute atomic E-state index is 13.5. The zero-order chi connectivity index (χ0) is 13.9. The number of amides is 1. The molecule has 0 aromatic heterocycles. The summed E-state index contributed by atoms with van der Waals surface area (Å²) in [6.45, 7) is 7.04. The number of halogens is 1. The van der Waals surface area contributed by atoms with Gasteiger partial charge in [-0.2, -0.15) is 0 Å². The summed E-state index contributed by atoms with van der Waals surface area (Å²) in [6, 6.07) is 5.80. The van der Waals surface area contributed by atoms with Crippen molar-refractivity contribution >= 4 is 16.7 Å². The number of carbonyl (C=O) groups excluding carboxylic acids is 1. The number of hydrogen-bond donors (Lipinski definition) is 1. The molecule has 100 valence electrons. The monoisotopic (exact) mass is 271 g/mol. The smallest absolute Gasteiger partial charge is 0.236 e. The molecule has 0 saturated heterocycles. The van der Waals surface area contributed by atoms with Gasteiger partial charge in [-0.3, -0.25) is 9.00 Å². The first-order chi connectivity index (χ1) is 8.22. The molecule has 1 amide bonds. The quantitative estimate of drug-likeness (QED) is 0.916. The summed E-state index contributed by atoms with van der Waals surface area (Å²) in [5, 5.41) is 1.94. The number of nitrogens with one attached hydrogen (secondary N) is 1. The molecule has 0 spiro atoms. The third-order valence-corrected chi connectivity index (χ3v) is 3.86. The highest BCUT2D eigenvalue weighted by Crippen LogP contribution is 2.16. The zero-order valence-corrected chi connectivity index (χ0v) is 11.8. The fourth-order valence-corrected chi connectivity index (χ4v) is 2.47.